The maximum atomic E-state index is 12.2. The topological polar surface area (TPSA) is 55.1 Å². The minimum atomic E-state index is -0.198. The van der Waals surface area contributed by atoms with Crippen molar-refractivity contribution in [1.29, 1.82) is 0 Å². The van der Waals surface area contributed by atoms with Crippen LogP contribution in [0.3, 0.4) is 0 Å². The molecule has 0 saturated carbocycles. The second-order valence-electron chi connectivity index (χ2n) is 4.96. The number of rotatable bonds is 9. The zero-order chi connectivity index (χ0) is 13.3. The van der Waals surface area contributed by atoms with Gasteiger partial charge in [0.15, 0.2) is 0 Å². The SMILES string of the molecule is CCCC(CCC)C(=O)NC(CC)(CC)CN. The van der Waals surface area contributed by atoms with Crippen molar-refractivity contribution in [3.8, 4) is 0 Å². The van der Waals surface area contributed by atoms with Crippen LogP contribution < -0.4 is 11.1 Å². The average molecular weight is 242 g/mol. The van der Waals surface area contributed by atoms with Gasteiger partial charge in [0.05, 0.1) is 5.54 Å². The van der Waals surface area contributed by atoms with Crippen molar-refractivity contribution in [3.05, 3.63) is 0 Å². The molecule has 3 N–H and O–H groups in total. The minimum Gasteiger partial charge on any atom is -0.349 e. The van der Waals surface area contributed by atoms with Crippen molar-refractivity contribution < 1.29 is 4.79 Å². The number of nitrogens with two attached hydrogens (primary N) is 1. The van der Waals surface area contributed by atoms with E-state index in [4.69, 9.17) is 5.73 Å². The van der Waals surface area contributed by atoms with Crippen LogP contribution in [0, 0.1) is 5.92 Å². The molecular formula is C14H30N2O. The van der Waals surface area contributed by atoms with Crippen LogP contribution in [-0.4, -0.2) is 18.0 Å². The Labute approximate surface area is 107 Å². The third-order valence-corrected chi connectivity index (χ3v) is 3.78. The maximum absolute atomic E-state index is 12.2. The summed E-state index contributed by atoms with van der Waals surface area (Å²) in [5.41, 5.74) is 5.61. The quantitative estimate of drug-likeness (QED) is 0.653. The van der Waals surface area contributed by atoms with E-state index in [1.165, 1.54) is 0 Å². The molecule has 0 radical (unpaired) electrons. The van der Waals surface area contributed by atoms with Gasteiger partial charge in [-0.25, -0.2) is 0 Å². The lowest BCUT2D eigenvalue weighted by molar-refractivity contribution is -0.127. The average Bonchev–Trinajstić information content (AvgIpc) is 2.35. The highest BCUT2D eigenvalue weighted by Gasteiger charge is 2.29. The number of amides is 1. The van der Waals surface area contributed by atoms with Gasteiger partial charge in [0.2, 0.25) is 5.91 Å². The van der Waals surface area contributed by atoms with Crippen LogP contribution in [0.25, 0.3) is 0 Å². The van der Waals surface area contributed by atoms with Gasteiger partial charge >= 0.3 is 0 Å². The van der Waals surface area contributed by atoms with Gasteiger partial charge in [-0.15, -0.1) is 0 Å². The highest BCUT2D eigenvalue weighted by atomic mass is 16.2. The lowest BCUT2D eigenvalue weighted by Crippen LogP contribution is -2.54. The Balaban J connectivity index is 4.55. The Hall–Kier alpha value is -0.570. The molecule has 0 aromatic heterocycles. The first-order valence-electron chi connectivity index (χ1n) is 7.11. The molecule has 3 nitrogen and oxygen atoms in total. The zero-order valence-corrected chi connectivity index (χ0v) is 12.0. The van der Waals surface area contributed by atoms with Gasteiger partial charge in [0.1, 0.15) is 0 Å². The van der Waals surface area contributed by atoms with Crippen LogP contribution in [-0.2, 0) is 4.79 Å². The molecule has 0 aliphatic rings. The maximum Gasteiger partial charge on any atom is 0.223 e. The number of hydrogen-bond donors (Lipinski definition) is 2. The summed E-state index contributed by atoms with van der Waals surface area (Å²) in [6.45, 7) is 8.96. The monoisotopic (exact) mass is 242 g/mol. The highest BCUT2D eigenvalue weighted by Crippen LogP contribution is 2.18. The van der Waals surface area contributed by atoms with Gasteiger partial charge in [-0.1, -0.05) is 40.5 Å². The van der Waals surface area contributed by atoms with Crippen molar-refractivity contribution in [2.45, 2.75) is 71.8 Å². The molecule has 0 bridgehead atoms. The fraction of sp³-hybridized carbons (Fsp3) is 0.929. The summed E-state index contributed by atoms with van der Waals surface area (Å²) in [6, 6.07) is 0. The standard InChI is InChI=1S/C14H30N2O/c1-5-9-12(10-6-2)13(17)16-14(7-3,8-4)11-15/h12H,5-11,15H2,1-4H3,(H,16,17). The molecule has 1 amide bonds. The second-order valence-corrected chi connectivity index (χ2v) is 4.96. The zero-order valence-electron chi connectivity index (χ0n) is 12.0. The van der Waals surface area contributed by atoms with Crippen molar-refractivity contribution in [2.75, 3.05) is 6.54 Å². The summed E-state index contributed by atoms with van der Waals surface area (Å²) in [6.07, 6.45) is 5.88. The van der Waals surface area contributed by atoms with Crippen molar-refractivity contribution >= 4 is 5.91 Å². The first-order valence-corrected chi connectivity index (χ1v) is 7.11. The largest absolute Gasteiger partial charge is 0.349 e. The van der Waals surface area contributed by atoms with Crippen molar-refractivity contribution in [1.82, 2.24) is 5.32 Å². The summed E-state index contributed by atoms with van der Waals surface area (Å²) < 4.78 is 0. The van der Waals surface area contributed by atoms with Gasteiger partial charge in [-0.3, -0.25) is 4.79 Å². The predicted molar refractivity (Wildman–Crippen MR) is 73.8 cm³/mol. The van der Waals surface area contributed by atoms with Crippen LogP contribution in [0.4, 0.5) is 0 Å². The summed E-state index contributed by atoms with van der Waals surface area (Å²) in [4.78, 5) is 12.2. The molecule has 17 heavy (non-hydrogen) atoms. The molecule has 0 saturated heterocycles. The van der Waals surface area contributed by atoms with Crippen LogP contribution in [0.5, 0.6) is 0 Å². The predicted octanol–water partition coefficient (Wildman–Crippen LogP) is 2.84. The smallest absolute Gasteiger partial charge is 0.223 e. The van der Waals surface area contributed by atoms with E-state index in [1.807, 2.05) is 0 Å². The van der Waals surface area contributed by atoms with Gasteiger partial charge < -0.3 is 11.1 Å². The van der Waals surface area contributed by atoms with Crippen LogP contribution in [0.2, 0.25) is 0 Å². The molecule has 0 fully saturated rings. The number of nitrogens with one attached hydrogen (secondary N) is 1. The Bertz CT molecular complexity index is 198. The van der Waals surface area contributed by atoms with E-state index in [2.05, 4.69) is 33.0 Å². The van der Waals surface area contributed by atoms with Crippen LogP contribution in [0.1, 0.15) is 66.2 Å². The minimum absolute atomic E-state index is 0.161. The Morgan fingerprint density at radius 1 is 1.12 bits per heavy atom. The summed E-state index contributed by atoms with van der Waals surface area (Å²) >= 11 is 0. The second kappa shape index (κ2) is 8.51. The molecule has 0 aromatic carbocycles. The Morgan fingerprint density at radius 3 is 1.88 bits per heavy atom. The highest BCUT2D eigenvalue weighted by molar-refractivity contribution is 5.79. The molecule has 0 aromatic rings. The van der Waals surface area contributed by atoms with Gasteiger partial charge in [0.25, 0.3) is 0 Å². The van der Waals surface area contributed by atoms with E-state index in [0.717, 1.165) is 38.5 Å². The van der Waals surface area contributed by atoms with Crippen molar-refractivity contribution in [3.63, 3.8) is 0 Å². The number of carbonyl (C=O) groups is 1. The molecular weight excluding hydrogens is 212 g/mol. The van der Waals surface area contributed by atoms with E-state index in [1.54, 1.807) is 0 Å². The van der Waals surface area contributed by atoms with Gasteiger partial charge in [-0.2, -0.15) is 0 Å². The van der Waals surface area contributed by atoms with Crippen molar-refractivity contribution in [2.24, 2.45) is 11.7 Å². The Kier molecular flexibility index (Phi) is 8.23. The normalized spacial score (nSPS) is 11.9. The fourth-order valence-corrected chi connectivity index (χ4v) is 2.23. The fourth-order valence-electron chi connectivity index (χ4n) is 2.23. The molecule has 102 valence electrons. The van der Waals surface area contributed by atoms with Gasteiger partial charge in [-0.05, 0) is 25.7 Å². The van der Waals surface area contributed by atoms with Crippen LogP contribution in [0.15, 0.2) is 0 Å². The molecule has 0 rings (SSSR count). The van der Waals surface area contributed by atoms with E-state index in [9.17, 15) is 4.79 Å². The van der Waals surface area contributed by atoms with E-state index in [0.29, 0.717) is 6.54 Å². The first kappa shape index (κ1) is 16.4. The summed E-state index contributed by atoms with van der Waals surface area (Å²) in [7, 11) is 0. The van der Waals surface area contributed by atoms with E-state index >= 15 is 0 Å². The summed E-state index contributed by atoms with van der Waals surface area (Å²) in [5.74, 6) is 0.358. The molecule has 0 unspecified atom stereocenters. The lowest BCUT2D eigenvalue weighted by Gasteiger charge is -2.33. The van der Waals surface area contributed by atoms with Crippen LogP contribution >= 0.6 is 0 Å². The van der Waals surface area contributed by atoms with E-state index < -0.39 is 0 Å². The molecule has 0 atom stereocenters. The third-order valence-electron chi connectivity index (χ3n) is 3.78. The number of carbonyl (C=O) groups excluding carboxylic acids is 1. The van der Waals surface area contributed by atoms with E-state index in [-0.39, 0.29) is 17.4 Å². The Morgan fingerprint density at radius 2 is 1.59 bits per heavy atom. The lowest BCUT2D eigenvalue weighted by atomic mass is 9.90. The third kappa shape index (κ3) is 5.07. The molecule has 0 spiro atoms. The molecule has 3 heteroatoms. The molecule has 0 aliphatic heterocycles. The number of hydrogen-bond acceptors (Lipinski definition) is 2. The molecule has 0 aliphatic carbocycles. The summed E-state index contributed by atoms with van der Waals surface area (Å²) in [5, 5.41) is 3.19. The first-order chi connectivity index (χ1) is 8.09. The molecule has 0 heterocycles. The van der Waals surface area contributed by atoms with Gasteiger partial charge in [0, 0.05) is 12.5 Å².